The van der Waals surface area contributed by atoms with Crippen LogP contribution in [0.15, 0.2) is 18.3 Å². The Kier molecular flexibility index (Phi) is 2.54. The Morgan fingerprint density at radius 1 is 1.64 bits per heavy atom. The third kappa shape index (κ3) is 1.98. The van der Waals surface area contributed by atoms with Gasteiger partial charge in [-0.1, -0.05) is 6.07 Å². The molecule has 0 aliphatic heterocycles. The van der Waals surface area contributed by atoms with E-state index in [9.17, 15) is 4.39 Å². The van der Waals surface area contributed by atoms with Crippen LogP contribution in [0.5, 0.6) is 0 Å². The number of aromatic nitrogens is 1. The zero-order chi connectivity index (χ0) is 8.27. The fraction of sp³-hybridized carbons (Fsp3) is 0.375. The minimum atomic E-state index is -1.30. The standard InChI is InChI=1S/C8H10FNO/c1-6-2-3-7(4-10-6)8(9)5-11/h2-4,8,11H,5H2,1H3. The summed E-state index contributed by atoms with van der Waals surface area (Å²) in [7, 11) is 0. The average Bonchev–Trinajstić information content (AvgIpc) is 2.05. The van der Waals surface area contributed by atoms with Gasteiger partial charge in [-0.3, -0.25) is 4.98 Å². The van der Waals surface area contributed by atoms with Crippen molar-refractivity contribution in [2.45, 2.75) is 13.1 Å². The van der Waals surface area contributed by atoms with E-state index in [1.807, 2.05) is 6.92 Å². The van der Waals surface area contributed by atoms with Crippen LogP contribution >= 0.6 is 0 Å². The molecule has 0 saturated carbocycles. The molecular weight excluding hydrogens is 145 g/mol. The molecular formula is C8H10FNO. The lowest BCUT2D eigenvalue weighted by Gasteiger charge is -2.03. The summed E-state index contributed by atoms with van der Waals surface area (Å²) < 4.78 is 12.7. The molecule has 1 aromatic heterocycles. The van der Waals surface area contributed by atoms with Crippen molar-refractivity contribution in [3.8, 4) is 0 Å². The quantitative estimate of drug-likeness (QED) is 0.700. The van der Waals surface area contributed by atoms with E-state index in [1.165, 1.54) is 6.20 Å². The lowest BCUT2D eigenvalue weighted by atomic mass is 10.2. The van der Waals surface area contributed by atoms with Gasteiger partial charge in [0.2, 0.25) is 0 Å². The zero-order valence-electron chi connectivity index (χ0n) is 6.29. The van der Waals surface area contributed by atoms with Crippen molar-refractivity contribution >= 4 is 0 Å². The number of nitrogens with zero attached hydrogens (tertiary/aromatic N) is 1. The minimum Gasteiger partial charge on any atom is -0.393 e. The highest BCUT2D eigenvalue weighted by Gasteiger charge is 2.06. The molecule has 0 saturated heterocycles. The van der Waals surface area contributed by atoms with Gasteiger partial charge in [-0.25, -0.2) is 4.39 Å². The second-order valence-electron chi connectivity index (χ2n) is 2.38. The molecule has 60 valence electrons. The lowest BCUT2D eigenvalue weighted by molar-refractivity contribution is 0.179. The summed E-state index contributed by atoms with van der Waals surface area (Å²) in [6, 6.07) is 3.35. The molecule has 0 aliphatic carbocycles. The average molecular weight is 155 g/mol. The van der Waals surface area contributed by atoms with Crippen molar-refractivity contribution in [3.63, 3.8) is 0 Å². The van der Waals surface area contributed by atoms with E-state index in [0.29, 0.717) is 5.56 Å². The molecule has 1 aromatic rings. The first kappa shape index (κ1) is 8.14. The number of aliphatic hydroxyl groups is 1. The molecule has 1 heterocycles. The van der Waals surface area contributed by atoms with Crippen molar-refractivity contribution in [2.24, 2.45) is 0 Å². The number of aryl methyl sites for hydroxylation is 1. The van der Waals surface area contributed by atoms with Gasteiger partial charge < -0.3 is 5.11 Å². The van der Waals surface area contributed by atoms with Gasteiger partial charge in [0, 0.05) is 17.5 Å². The molecule has 0 aliphatic rings. The Bertz CT molecular complexity index is 222. The maximum Gasteiger partial charge on any atom is 0.150 e. The second kappa shape index (κ2) is 3.44. The molecule has 1 atom stereocenters. The summed E-state index contributed by atoms with van der Waals surface area (Å²) in [5, 5.41) is 8.45. The highest BCUT2D eigenvalue weighted by Crippen LogP contribution is 2.14. The van der Waals surface area contributed by atoms with E-state index in [1.54, 1.807) is 12.1 Å². The van der Waals surface area contributed by atoms with Gasteiger partial charge in [0.25, 0.3) is 0 Å². The van der Waals surface area contributed by atoms with E-state index < -0.39 is 12.8 Å². The molecule has 0 aromatic carbocycles. The van der Waals surface area contributed by atoms with Gasteiger partial charge in [-0.05, 0) is 13.0 Å². The van der Waals surface area contributed by atoms with Gasteiger partial charge in [-0.15, -0.1) is 0 Å². The minimum absolute atomic E-state index is 0.429. The van der Waals surface area contributed by atoms with Crippen LogP contribution in [-0.4, -0.2) is 16.7 Å². The van der Waals surface area contributed by atoms with Gasteiger partial charge in [0.05, 0.1) is 6.61 Å². The summed E-state index contributed by atoms with van der Waals surface area (Å²) in [4.78, 5) is 3.90. The highest BCUT2D eigenvalue weighted by atomic mass is 19.1. The van der Waals surface area contributed by atoms with Crippen molar-refractivity contribution in [3.05, 3.63) is 29.6 Å². The Balaban J connectivity index is 2.81. The first-order valence-electron chi connectivity index (χ1n) is 3.41. The molecule has 0 bridgehead atoms. The van der Waals surface area contributed by atoms with Crippen LogP contribution < -0.4 is 0 Å². The number of hydrogen-bond donors (Lipinski definition) is 1. The van der Waals surface area contributed by atoms with E-state index in [-0.39, 0.29) is 0 Å². The van der Waals surface area contributed by atoms with Crippen LogP contribution in [0.1, 0.15) is 17.4 Å². The highest BCUT2D eigenvalue weighted by molar-refractivity contribution is 5.15. The van der Waals surface area contributed by atoms with Crippen molar-refractivity contribution in [1.82, 2.24) is 4.98 Å². The van der Waals surface area contributed by atoms with Gasteiger partial charge >= 0.3 is 0 Å². The number of alkyl halides is 1. The van der Waals surface area contributed by atoms with Gasteiger partial charge in [0.1, 0.15) is 6.17 Å². The number of rotatable bonds is 2. The number of pyridine rings is 1. The second-order valence-corrected chi connectivity index (χ2v) is 2.38. The van der Waals surface area contributed by atoms with E-state index in [0.717, 1.165) is 5.69 Å². The lowest BCUT2D eigenvalue weighted by Crippen LogP contribution is -1.97. The zero-order valence-corrected chi connectivity index (χ0v) is 6.29. The number of hydrogen-bond acceptors (Lipinski definition) is 2. The summed E-state index contributed by atoms with van der Waals surface area (Å²) in [5.41, 5.74) is 1.27. The van der Waals surface area contributed by atoms with Crippen molar-refractivity contribution < 1.29 is 9.50 Å². The molecule has 0 spiro atoms. The smallest absolute Gasteiger partial charge is 0.150 e. The van der Waals surface area contributed by atoms with E-state index >= 15 is 0 Å². The first-order valence-corrected chi connectivity index (χ1v) is 3.41. The van der Waals surface area contributed by atoms with E-state index in [4.69, 9.17) is 5.11 Å². The number of aliphatic hydroxyl groups excluding tert-OH is 1. The normalized spacial score (nSPS) is 13.0. The van der Waals surface area contributed by atoms with Gasteiger partial charge in [0.15, 0.2) is 0 Å². The van der Waals surface area contributed by atoms with Crippen LogP contribution in [0, 0.1) is 6.92 Å². The molecule has 1 unspecified atom stereocenters. The van der Waals surface area contributed by atoms with E-state index in [2.05, 4.69) is 4.98 Å². The maximum absolute atomic E-state index is 12.7. The Morgan fingerprint density at radius 3 is 2.82 bits per heavy atom. The van der Waals surface area contributed by atoms with Crippen LogP contribution in [0.2, 0.25) is 0 Å². The summed E-state index contributed by atoms with van der Waals surface area (Å²) in [6.45, 7) is 1.35. The third-order valence-corrected chi connectivity index (χ3v) is 1.46. The van der Waals surface area contributed by atoms with Crippen LogP contribution in [0.4, 0.5) is 4.39 Å². The molecule has 2 nitrogen and oxygen atoms in total. The van der Waals surface area contributed by atoms with Crippen LogP contribution in [0.25, 0.3) is 0 Å². The Labute approximate surface area is 64.7 Å². The van der Waals surface area contributed by atoms with Gasteiger partial charge in [-0.2, -0.15) is 0 Å². The summed E-state index contributed by atoms with van der Waals surface area (Å²) in [6.07, 6.45) is 0.138. The van der Waals surface area contributed by atoms with Crippen molar-refractivity contribution in [2.75, 3.05) is 6.61 Å². The predicted molar refractivity (Wildman–Crippen MR) is 39.9 cm³/mol. The Hall–Kier alpha value is -0.960. The molecule has 3 heteroatoms. The summed E-state index contributed by atoms with van der Waals surface area (Å²) in [5.74, 6) is 0. The molecule has 1 N–H and O–H groups in total. The molecule has 0 amide bonds. The molecule has 11 heavy (non-hydrogen) atoms. The fourth-order valence-electron chi connectivity index (χ4n) is 0.770. The molecule has 1 rings (SSSR count). The number of halogens is 1. The van der Waals surface area contributed by atoms with Crippen LogP contribution in [-0.2, 0) is 0 Å². The topological polar surface area (TPSA) is 33.1 Å². The Morgan fingerprint density at radius 2 is 2.36 bits per heavy atom. The third-order valence-electron chi connectivity index (χ3n) is 1.46. The molecule has 0 fully saturated rings. The summed E-state index contributed by atoms with van der Waals surface area (Å²) >= 11 is 0. The monoisotopic (exact) mass is 155 g/mol. The maximum atomic E-state index is 12.7. The first-order chi connectivity index (χ1) is 5.24. The van der Waals surface area contributed by atoms with Crippen molar-refractivity contribution in [1.29, 1.82) is 0 Å². The fourth-order valence-corrected chi connectivity index (χ4v) is 0.770. The van der Waals surface area contributed by atoms with Crippen LogP contribution in [0.3, 0.4) is 0 Å². The molecule has 0 radical (unpaired) electrons. The predicted octanol–water partition coefficient (Wildman–Crippen LogP) is 1.39. The largest absolute Gasteiger partial charge is 0.393 e. The SMILES string of the molecule is Cc1ccc(C(F)CO)cn1.